The third-order valence-corrected chi connectivity index (χ3v) is 1.90. The maximum atomic E-state index is 5.69. The molecule has 0 atom stereocenters. The van der Waals surface area contributed by atoms with Crippen LogP contribution in [0.4, 0.5) is 5.82 Å². The lowest BCUT2D eigenvalue weighted by molar-refractivity contribution is 0.305. The van der Waals surface area contributed by atoms with Crippen molar-refractivity contribution in [3.8, 4) is 5.75 Å². The Morgan fingerprint density at radius 1 is 1.47 bits per heavy atom. The van der Waals surface area contributed by atoms with Gasteiger partial charge in [-0.25, -0.2) is 4.98 Å². The first-order valence-corrected chi connectivity index (χ1v) is 4.50. The van der Waals surface area contributed by atoms with E-state index in [2.05, 4.69) is 14.7 Å². The monoisotopic (exact) mass is 205 g/mol. The summed E-state index contributed by atoms with van der Waals surface area (Å²) in [6.07, 6.45) is 3.12. The minimum absolute atomic E-state index is 0.373. The molecule has 0 aliphatic rings. The van der Waals surface area contributed by atoms with Crippen LogP contribution < -0.4 is 10.5 Å². The van der Waals surface area contributed by atoms with Gasteiger partial charge in [0, 0.05) is 11.3 Å². The molecule has 2 N–H and O–H groups in total. The first kappa shape index (κ1) is 9.51. The van der Waals surface area contributed by atoms with Crippen LogP contribution in [0.5, 0.6) is 5.75 Å². The Kier molecular flexibility index (Phi) is 2.53. The van der Waals surface area contributed by atoms with E-state index in [-0.39, 0.29) is 0 Å². The van der Waals surface area contributed by atoms with Gasteiger partial charge in [-0.05, 0) is 19.1 Å². The number of nitrogens with two attached hydrogens (primary N) is 1. The number of nitrogen functional groups attached to an aromatic ring is 1. The number of hydrogen-bond donors (Lipinski definition) is 1. The smallest absolute Gasteiger partial charge is 0.166 e. The number of ether oxygens (including phenoxy) is 1. The summed E-state index contributed by atoms with van der Waals surface area (Å²) in [6.45, 7) is 2.25. The summed E-state index contributed by atoms with van der Waals surface area (Å²) in [5.41, 5.74) is 7.41. The van der Waals surface area contributed by atoms with E-state index in [1.165, 1.54) is 6.26 Å². The van der Waals surface area contributed by atoms with Gasteiger partial charge in [0.15, 0.2) is 11.6 Å². The minimum atomic E-state index is 0.373. The van der Waals surface area contributed by atoms with Crippen LogP contribution in [-0.4, -0.2) is 10.1 Å². The molecule has 0 amide bonds. The highest BCUT2D eigenvalue weighted by Crippen LogP contribution is 2.19. The molecule has 5 heteroatoms. The van der Waals surface area contributed by atoms with Gasteiger partial charge in [0.05, 0.1) is 6.20 Å². The van der Waals surface area contributed by atoms with Gasteiger partial charge in [-0.2, -0.15) is 0 Å². The Balaban J connectivity index is 2.05. The number of aromatic nitrogens is 2. The fourth-order valence-corrected chi connectivity index (χ4v) is 1.15. The fourth-order valence-electron chi connectivity index (χ4n) is 1.15. The largest absolute Gasteiger partial charge is 0.485 e. The molecule has 0 radical (unpaired) electrons. The van der Waals surface area contributed by atoms with Crippen LogP contribution in [0.15, 0.2) is 29.1 Å². The molecule has 0 bridgehead atoms. The molecule has 2 rings (SSSR count). The quantitative estimate of drug-likeness (QED) is 0.822. The molecule has 0 saturated heterocycles. The molecular formula is C10H11N3O2. The highest BCUT2D eigenvalue weighted by atomic mass is 16.5. The SMILES string of the molecule is Cc1ccc(OCc2cnoc2)c(N)n1. The van der Waals surface area contributed by atoms with Crippen molar-refractivity contribution in [2.24, 2.45) is 0 Å². The highest BCUT2D eigenvalue weighted by molar-refractivity contribution is 5.46. The fraction of sp³-hybridized carbons (Fsp3) is 0.200. The number of hydrogen-bond acceptors (Lipinski definition) is 5. The topological polar surface area (TPSA) is 74.2 Å². The second-order valence-corrected chi connectivity index (χ2v) is 3.16. The maximum Gasteiger partial charge on any atom is 0.166 e. The Hall–Kier alpha value is -2.04. The molecule has 78 valence electrons. The lowest BCUT2D eigenvalue weighted by atomic mass is 10.3. The van der Waals surface area contributed by atoms with E-state index in [0.29, 0.717) is 18.2 Å². The van der Waals surface area contributed by atoms with Gasteiger partial charge >= 0.3 is 0 Å². The number of rotatable bonds is 3. The second kappa shape index (κ2) is 4.00. The summed E-state index contributed by atoms with van der Waals surface area (Å²) in [4.78, 5) is 4.09. The third-order valence-electron chi connectivity index (χ3n) is 1.90. The average Bonchev–Trinajstić information content (AvgIpc) is 2.69. The van der Waals surface area contributed by atoms with Crippen LogP contribution in [0.2, 0.25) is 0 Å². The lowest BCUT2D eigenvalue weighted by Gasteiger charge is -2.06. The van der Waals surface area contributed by atoms with Crippen molar-refractivity contribution in [2.45, 2.75) is 13.5 Å². The summed E-state index contributed by atoms with van der Waals surface area (Å²) < 4.78 is 10.1. The van der Waals surface area contributed by atoms with E-state index >= 15 is 0 Å². The maximum absolute atomic E-state index is 5.69. The number of anilines is 1. The Morgan fingerprint density at radius 2 is 2.33 bits per heavy atom. The van der Waals surface area contributed by atoms with Crippen LogP contribution in [0, 0.1) is 6.92 Å². The van der Waals surface area contributed by atoms with Gasteiger partial charge in [0.25, 0.3) is 0 Å². The van der Waals surface area contributed by atoms with Crippen molar-refractivity contribution >= 4 is 5.82 Å². The average molecular weight is 205 g/mol. The molecule has 15 heavy (non-hydrogen) atoms. The van der Waals surface area contributed by atoms with Crippen molar-refractivity contribution in [3.05, 3.63) is 35.9 Å². The van der Waals surface area contributed by atoms with Crippen LogP contribution in [0.3, 0.4) is 0 Å². The Labute approximate surface area is 86.9 Å². The van der Waals surface area contributed by atoms with E-state index in [0.717, 1.165) is 11.3 Å². The first-order valence-electron chi connectivity index (χ1n) is 4.50. The summed E-state index contributed by atoms with van der Waals surface area (Å²) in [5.74, 6) is 0.966. The van der Waals surface area contributed by atoms with E-state index in [1.54, 1.807) is 12.3 Å². The van der Waals surface area contributed by atoms with Gasteiger partial charge in [-0.15, -0.1) is 0 Å². The van der Waals surface area contributed by atoms with Crippen LogP contribution >= 0.6 is 0 Å². The predicted molar refractivity (Wildman–Crippen MR) is 54.2 cm³/mol. The molecule has 0 saturated carbocycles. The zero-order valence-corrected chi connectivity index (χ0v) is 8.30. The predicted octanol–water partition coefficient (Wildman–Crippen LogP) is 1.54. The molecule has 0 fully saturated rings. The first-order chi connectivity index (χ1) is 7.25. The van der Waals surface area contributed by atoms with Crippen molar-refractivity contribution < 1.29 is 9.26 Å². The summed E-state index contributed by atoms with van der Waals surface area (Å²) in [5, 5.41) is 3.57. The number of nitrogens with zero attached hydrogens (tertiary/aromatic N) is 2. The molecule has 0 aliphatic carbocycles. The molecular weight excluding hydrogens is 194 g/mol. The third kappa shape index (κ3) is 2.25. The van der Waals surface area contributed by atoms with Crippen LogP contribution in [-0.2, 0) is 6.61 Å². The second-order valence-electron chi connectivity index (χ2n) is 3.16. The van der Waals surface area contributed by atoms with Crippen LogP contribution in [0.25, 0.3) is 0 Å². The molecule has 0 spiro atoms. The standard InChI is InChI=1S/C10H11N3O2/c1-7-2-3-9(10(11)13-7)14-5-8-4-12-15-6-8/h2-4,6H,5H2,1H3,(H2,11,13). The molecule has 2 aromatic heterocycles. The number of pyridine rings is 1. The summed E-state index contributed by atoms with van der Waals surface area (Å²) >= 11 is 0. The zero-order valence-electron chi connectivity index (χ0n) is 8.30. The Morgan fingerprint density at radius 3 is 3.00 bits per heavy atom. The molecule has 0 unspecified atom stereocenters. The summed E-state index contributed by atoms with van der Waals surface area (Å²) in [7, 11) is 0. The molecule has 2 heterocycles. The van der Waals surface area contributed by atoms with E-state index in [9.17, 15) is 0 Å². The molecule has 2 aromatic rings. The van der Waals surface area contributed by atoms with Gasteiger partial charge in [0.1, 0.15) is 12.9 Å². The molecule has 5 nitrogen and oxygen atoms in total. The van der Waals surface area contributed by atoms with E-state index < -0.39 is 0 Å². The van der Waals surface area contributed by atoms with Crippen molar-refractivity contribution in [1.29, 1.82) is 0 Å². The molecule has 0 aliphatic heterocycles. The van der Waals surface area contributed by atoms with Crippen LogP contribution in [0.1, 0.15) is 11.3 Å². The van der Waals surface area contributed by atoms with Crippen molar-refractivity contribution in [2.75, 3.05) is 5.73 Å². The van der Waals surface area contributed by atoms with Gasteiger partial charge in [0.2, 0.25) is 0 Å². The van der Waals surface area contributed by atoms with Gasteiger partial charge in [-0.3, -0.25) is 0 Å². The van der Waals surface area contributed by atoms with E-state index in [4.69, 9.17) is 10.5 Å². The van der Waals surface area contributed by atoms with Crippen molar-refractivity contribution in [3.63, 3.8) is 0 Å². The highest BCUT2D eigenvalue weighted by Gasteiger charge is 2.03. The zero-order chi connectivity index (χ0) is 10.7. The lowest BCUT2D eigenvalue weighted by Crippen LogP contribution is -2.00. The molecule has 0 aromatic carbocycles. The Bertz CT molecular complexity index is 440. The van der Waals surface area contributed by atoms with Crippen molar-refractivity contribution in [1.82, 2.24) is 10.1 Å². The van der Waals surface area contributed by atoms with E-state index in [1.807, 2.05) is 13.0 Å². The minimum Gasteiger partial charge on any atom is -0.485 e. The number of aryl methyl sites for hydroxylation is 1. The normalized spacial score (nSPS) is 10.2. The summed E-state index contributed by atoms with van der Waals surface area (Å²) in [6, 6.07) is 3.64. The van der Waals surface area contributed by atoms with Gasteiger partial charge in [-0.1, -0.05) is 5.16 Å². The van der Waals surface area contributed by atoms with Gasteiger partial charge < -0.3 is 15.0 Å².